The van der Waals surface area contributed by atoms with E-state index in [2.05, 4.69) is 6.92 Å². The molecule has 0 aromatic heterocycles. The second kappa shape index (κ2) is 7.75. The minimum Gasteiger partial charge on any atom is -0.508 e. The van der Waals surface area contributed by atoms with Crippen LogP contribution in [0.25, 0.3) is 0 Å². The first-order valence-electron chi connectivity index (χ1n) is 6.32. The maximum Gasteiger partial charge on any atom is 0.119 e. The number of benzene rings is 1. The predicted octanol–water partition coefficient (Wildman–Crippen LogP) is 4.44. The summed E-state index contributed by atoms with van der Waals surface area (Å²) < 4.78 is 0. The summed E-state index contributed by atoms with van der Waals surface area (Å²) in [5.41, 5.74) is 0.677. The summed E-state index contributed by atoms with van der Waals surface area (Å²) in [4.78, 5) is 0. The average molecular weight is 291 g/mol. The van der Waals surface area contributed by atoms with Crippen LogP contribution in [0.3, 0.4) is 0 Å². The predicted molar refractivity (Wildman–Crippen MR) is 76.9 cm³/mol. The van der Waals surface area contributed by atoms with Crippen LogP contribution in [0.5, 0.6) is 11.5 Å². The lowest BCUT2D eigenvalue weighted by atomic mass is 10.0. The Bertz CT molecular complexity index is 369. The summed E-state index contributed by atoms with van der Waals surface area (Å²) in [6, 6.07) is 4.49. The molecule has 0 aliphatic heterocycles. The number of phenols is 2. The lowest BCUT2D eigenvalue weighted by Crippen LogP contribution is -2.07. The Kier molecular flexibility index (Phi) is 6.66. The molecule has 102 valence electrons. The van der Waals surface area contributed by atoms with E-state index in [1.807, 2.05) is 0 Å². The molecule has 2 nitrogen and oxygen atoms in total. The maximum absolute atomic E-state index is 9.65. The van der Waals surface area contributed by atoms with E-state index in [9.17, 15) is 10.2 Å². The Hall–Kier alpha value is -0.600. The Labute approximate surface area is 119 Å². The van der Waals surface area contributed by atoms with E-state index >= 15 is 0 Å². The van der Waals surface area contributed by atoms with Gasteiger partial charge in [0.2, 0.25) is 0 Å². The average Bonchev–Trinajstić information content (AvgIpc) is 2.32. The van der Waals surface area contributed by atoms with E-state index in [0.717, 1.165) is 25.7 Å². The van der Waals surface area contributed by atoms with Gasteiger partial charge in [0.05, 0.1) is 0 Å². The van der Waals surface area contributed by atoms with Gasteiger partial charge < -0.3 is 10.2 Å². The van der Waals surface area contributed by atoms with Crippen molar-refractivity contribution in [2.24, 2.45) is 0 Å². The monoisotopic (exact) mass is 290 g/mol. The minimum absolute atomic E-state index is 0.0733. The van der Waals surface area contributed by atoms with Crippen LogP contribution < -0.4 is 0 Å². The van der Waals surface area contributed by atoms with Crippen LogP contribution in [0.4, 0.5) is 0 Å². The highest BCUT2D eigenvalue weighted by Crippen LogP contribution is 2.26. The zero-order chi connectivity index (χ0) is 13.5. The largest absolute Gasteiger partial charge is 0.508 e. The Balaban J connectivity index is 2.44. The summed E-state index contributed by atoms with van der Waals surface area (Å²) in [6.07, 6.45) is 4.31. The lowest BCUT2D eigenvalue weighted by Gasteiger charge is -2.13. The summed E-state index contributed by atoms with van der Waals surface area (Å²) in [7, 11) is 0. The highest BCUT2D eigenvalue weighted by Gasteiger charge is 2.12. The number of halogens is 2. The summed E-state index contributed by atoms with van der Waals surface area (Å²) in [6.45, 7) is 2.11. The molecule has 0 heterocycles. The molecule has 0 bridgehead atoms. The van der Waals surface area contributed by atoms with E-state index in [1.165, 1.54) is 12.1 Å². The molecule has 0 saturated carbocycles. The fourth-order valence-corrected chi connectivity index (χ4v) is 2.53. The summed E-state index contributed by atoms with van der Waals surface area (Å²) >= 11 is 12.4. The van der Waals surface area contributed by atoms with Crippen molar-refractivity contribution in [1.29, 1.82) is 0 Å². The molecule has 0 fully saturated rings. The van der Waals surface area contributed by atoms with Crippen LogP contribution in [0, 0.1) is 0 Å². The molecular formula is C14H20Cl2O2. The van der Waals surface area contributed by atoms with E-state index in [4.69, 9.17) is 23.2 Å². The van der Waals surface area contributed by atoms with Crippen molar-refractivity contribution >= 4 is 23.2 Å². The van der Waals surface area contributed by atoms with Crippen molar-refractivity contribution in [3.8, 4) is 11.5 Å². The van der Waals surface area contributed by atoms with Gasteiger partial charge in [-0.1, -0.05) is 13.3 Å². The number of hydrogen-bond donors (Lipinski definition) is 2. The quantitative estimate of drug-likeness (QED) is 0.576. The Morgan fingerprint density at radius 2 is 1.72 bits per heavy atom. The van der Waals surface area contributed by atoms with Crippen LogP contribution in [-0.2, 0) is 6.42 Å². The smallest absolute Gasteiger partial charge is 0.119 e. The summed E-state index contributed by atoms with van der Waals surface area (Å²) in [5.74, 6) is 0.322. The SMILES string of the molecule is CCCC(Cl)CCC(Cl)Cc1cc(O)ccc1O. The molecule has 0 spiro atoms. The standard InChI is InChI=1S/C14H20Cl2O2/c1-2-3-11(15)4-5-12(16)8-10-9-13(17)6-7-14(10)18/h6-7,9,11-12,17-18H,2-5,8H2,1H3. The molecule has 2 unspecified atom stereocenters. The molecule has 0 amide bonds. The summed E-state index contributed by atoms with van der Waals surface area (Å²) in [5, 5.41) is 19.1. The molecule has 4 heteroatoms. The maximum atomic E-state index is 9.65. The van der Waals surface area contributed by atoms with E-state index in [1.54, 1.807) is 6.07 Å². The van der Waals surface area contributed by atoms with Gasteiger partial charge in [-0.05, 0) is 49.4 Å². The molecule has 1 aromatic rings. The highest BCUT2D eigenvalue weighted by atomic mass is 35.5. The van der Waals surface area contributed by atoms with Crippen LogP contribution in [-0.4, -0.2) is 21.0 Å². The first-order valence-corrected chi connectivity index (χ1v) is 7.19. The first-order chi connectivity index (χ1) is 8.52. The van der Waals surface area contributed by atoms with Gasteiger partial charge in [-0.3, -0.25) is 0 Å². The number of rotatable bonds is 7. The zero-order valence-electron chi connectivity index (χ0n) is 10.6. The minimum atomic E-state index is -0.0733. The van der Waals surface area contributed by atoms with Gasteiger partial charge in [-0.25, -0.2) is 0 Å². The van der Waals surface area contributed by atoms with Gasteiger partial charge in [0.25, 0.3) is 0 Å². The van der Waals surface area contributed by atoms with Crippen molar-refractivity contribution in [2.75, 3.05) is 0 Å². The second-order valence-electron chi connectivity index (χ2n) is 4.58. The third-order valence-electron chi connectivity index (χ3n) is 2.90. The number of alkyl halides is 2. The normalized spacial score (nSPS) is 14.4. The Morgan fingerprint density at radius 3 is 2.39 bits per heavy atom. The van der Waals surface area contributed by atoms with E-state index < -0.39 is 0 Å². The third kappa shape index (κ3) is 5.36. The fraction of sp³-hybridized carbons (Fsp3) is 0.571. The molecule has 18 heavy (non-hydrogen) atoms. The third-order valence-corrected chi connectivity index (χ3v) is 3.71. The van der Waals surface area contributed by atoms with Gasteiger partial charge >= 0.3 is 0 Å². The molecule has 0 saturated heterocycles. The molecule has 2 atom stereocenters. The van der Waals surface area contributed by atoms with Crippen molar-refractivity contribution in [3.63, 3.8) is 0 Å². The van der Waals surface area contributed by atoms with Gasteiger partial charge in [-0.2, -0.15) is 0 Å². The molecule has 1 rings (SSSR count). The van der Waals surface area contributed by atoms with Crippen molar-refractivity contribution in [1.82, 2.24) is 0 Å². The lowest BCUT2D eigenvalue weighted by molar-refractivity contribution is 0.452. The van der Waals surface area contributed by atoms with Crippen molar-refractivity contribution < 1.29 is 10.2 Å². The topological polar surface area (TPSA) is 40.5 Å². The van der Waals surface area contributed by atoms with Gasteiger partial charge in [0.1, 0.15) is 11.5 Å². The zero-order valence-corrected chi connectivity index (χ0v) is 12.1. The van der Waals surface area contributed by atoms with Crippen molar-refractivity contribution in [3.05, 3.63) is 23.8 Å². The van der Waals surface area contributed by atoms with Crippen LogP contribution >= 0.6 is 23.2 Å². The Morgan fingerprint density at radius 1 is 1.06 bits per heavy atom. The molecule has 0 aliphatic rings. The fourth-order valence-electron chi connectivity index (χ4n) is 1.90. The highest BCUT2D eigenvalue weighted by molar-refractivity contribution is 6.21. The number of hydrogen-bond acceptors (Lipinski definition) is 2. The number of phenolic OH excluding ortho intramolecular Hbond substituents is 2. The molecule has 0 radical (unpaired) electrons. The van der Waals surface area contributed by atoms with E-state index in [-0.39, 0.29) is 22.3 Å². The van der Waals surface area contributed by atoms with Gasteiger partial charge in [-0.15, -0.1) is 23.2 Å². The first kappa shape index (κ1) is 15.5. The van der Waals surface area contributed by atoms with Crippen LogP contribution in [0.1, 0.15) is 38.2 Å². The van der Waals surface area contributed by atoms with Gasteiger partial charge in [0.15, 0.2) is 0 Å². The number of aromatic hydroxyl groups is 2. The molecular weight excluding hydrogens is 271 g/mol. The second-order valence-corrected chi connectivity index (χ2v) is 5.81. The van der Waals surface area contributed by atoms with Crippen molar-refractivity contribution in [2.45, 2.75) is 49.8 Å². The van der Waals surface area contributed by atoms with E-state index in [0.29, 0.717) is 12.0 Å². The molecule has 0 aliphatic carbocycles. The van der Waals surface area contributed by atoms with Gasteiger partial charge in [0, 0.05) is 10.8 Å². The van der Waals surface area contributed by atoms with Crippen LogP contribution in [0.15, 0.2) is 18.2 Å². The van der Waals surface area contributed by atoms with Crippen LogP contribution in [0.2, 0.25) is 0 Å². The molecule has 2 N–H and O–H groups in total. The molecule has 1 aromatic carbocycles.